The molecule has 0 saturated carbocycles. The van der Waals surface area contributed by atoms with E-state index in [0.29, 0.717) is 6.42 Å². The summed E-state index contributed by atoms with van der Waals surface area (Å²) in [5.41, 5.74) is 0. The molecule has 1 atom stereocenters. The lowest BCUT2D eigenvalue weighted by molar-refractivity contribution is -0.131. The van der Waals surface area contributed by atoms with Gasteiger partial charge in [-0.25, -0.2) is 4.79 Å². The van der Waals surface area contributed by atoms with E-state index in [1.807, 2.05) is 0 Å². The normalized spacial score (nSPS) is 10.8. The molecule has 11 heavy (non-hydrogen) atoms. The standard InChI is InChI=1S/C4H10O2.C3H4O2/c1-4(6)2-3-5;1-2-3(4)5/h4-6H,2-3H2,1H3;2H,1H2,(H,4,5). The zero-order valence-electron chi connectivity index (χ0n) is 6.53. The van der Waals surface area contributed by atoms with Crippen LogP contribution >= 0.6 is 0 Å². The molecule has 0 radical (unpaired) electrons. The number of aliphatic hydroxyl groups is 2. The molecule has 0 aliphatic carbocycles. The first-order chi connectivity index (χ1) is 5.04. The van der Waals surface area contributed by atoms with Crippen LogP contribution in [0.2, 0.25) is 0 Å². The number of aliphatic hydroxyl groups excluding tert-OH is 2. The summed E-state index contributed by atoms with van der Waals surface area (Å²) in [6.07, 6.45) is 0.968. The molecule has 4 heteroatoms. The fraction of sp³-hybridized carbons (Fsp3) is 0.571. The predicted octanol–water partition coefficient (Wildman–Crippen LogP) is 0.00660. The lowest BCUT2D eigenvalue weighted by Crippen LogP contribution is -2.00. The van der Waals surface area contributed by atoms with Crippen molar-refractivity contribution in [2.75, 3.05) is 6.61 Å². The van der Waals surface area contributed by atoms with E-state index in [1.165, 1.54) is 0 Å². The molecule has 0 fully saturated rings. The Balaban J connectivity index is 0. The second-order valence-corrected chi connectivity index (χ2v) is 1.90. The Bertz CT molecular complexity index is 109. The van der Waals surface area contributed by atoms with Gasteiger partial charge in [-0.2, -0.15) is 0 Å². The van der Waals surface area contributed by atoms with Crippen LogP contribution in [0.15, 0.2) is 12.7 Å². The molecular weight excluding hydrogens is 148 g/mol. The number of aliphatic carboxylic acids is 1. The van der Waals surface area contributed by atoms with Crippen molar-refractivity contribution in [3.05, 3.63) is 12.7 Å². The van der Waals surface area contributed by atoms with Crippen molar-refractivity contribution in [2.45, 2.75) is 19.4 Å². The predicted molar refractivity (Wildman–Crippen MR) is 41.2 cm³/mol. The third-order valence-corrected chi connectivity index (χ3v) is 0.721. The number of carboxylic acid groups (broad SMARTS) is 1. The lowest BCUT2D eigenvalue weighted by Gasteiger charge is -1.95. The monoisotopic (exact) mass is 162 g/mol. The van der Waals surface area contributed by atoms with Crippen LogP contribution in [0.1, 0.15) is 13.3 Å². The van der Waals surface area contributed by atoms with Crippen LogP contribution < -0.4 is 0 Å². The highest BCUT2D eigenvalue weighted by molar-refractivity contribution is 5.78. The van der Waals surface area contributed by atoms with Crippen molar-refractivity contribution < 1.29 is 20.1 Å². The minimum atomic E-state index is -0.981. The molecule has 3 N–H and O–H groups in total. The van der Waals surface area contributed by atoms with E-state index in [9.17, 15) is 4.79 Å². The molecule has 0 aromatic rings. The van der Waals surface area contributed by atoms with Gasteiger partial charge in [0.15, 0.2) is 0 Å². The van der Waals surface area contributed by atoms with Crippen molar-refractivity contribution in [2.24, 2.45) is 0 Å². The first kappa shape index (κ1) is 12.8. The minimum Gasteiger partial charge on any atom is -0.478 e. The highest BCUT2D eigenvalue weighted by Crippen LogP contribution is 1.83. The Hall–Kier alpha value is -0.870. The SMILES string of the molecule is C=CC(=O)O.CC(O)CCO. The Kier molecular flexibility index (Phi) is 10.6. The van der Waals surface area contributed by atoms with Gasteiger partial charge in [0.05, 0.1) is 6.10 Å². The van der Waals surface area contributed by atoms with Crippen LogP contribution in [0.3, 0.4) is 0 Å². The number of carbonyl (C=O) groups is 1. The molecule has 0 heterocycles. The van der Waals surface area contributed by atoms with Crippen molar-refractivity contribution in [3.63, 3.8) is 0 Å². The van der Waals surface area contributed by atoms with Crippen molar-refractivity contribution in [3.8, 4) is 0 Å². The van der Waals surface area contributed by atoms with Crippen molar-refractivity contribution in [1.29, 1.82) is 0 Å². The van der Waals surface area contributed by atoms with Crippen LogP contribution in [0, 0.1) is 0 Å². The molecule has 0 amide bonds. The van der Waals surface area contributed by atoms with E-state index in [1.54, 1.807) is 6.92 Å². The summed E-state index contributed by atoms with van der Waals surface area (Å²) in [6, 6.07) is 0. The minimum absolute atomic E-state index is 0.0810. The molecule has 0 aromatic carbocycles. The Morgan fingerprint density at radius 1 is 1.73 bits per heavy atom. The van der Waals surface area contributed by atoms with Crippen molar-refractivity contribution in [1.82, 2.24) is 0 Å². The van der Waals surface area contributed by atoms with E-state index >= 15 is 0 Å². The molecule has 1 unspecified atom stereocenters. The van der Waals surface area contributed by atoms with E-state index in [-0.39, 0.29) is 12.7 Å². The molecule has 0 aliphatic heterocycles. The van der Waals surface area contributed by atoms with Crippen LogP contribution in [-0.2, 0) is 4.79 Å². The van der Waals surface area contributed by atoms with Gasteiger partial charge in [0.1, 0.15) is 0 Å². The van der Waals surface area contributed by atoms with Gasteiger partial charge in [-0.1, -0.05) is 6.58 Å². The largest absolute Gasteiger partial charge is 0.478 e. The van der Waals surface area contributed by atoms with Crippen LogP contribution in [0.4, 0.5) is 0 Å². The van der Waals surface area contributed by atoms with E-state index in [2.05, 4.69) is 6.58 Å². The number of rotatable bonds is 3. The van der Waals surface area contributed by atoms with Crippen LogP contribution in [0.5, 0.6) is 0 Å². The van der Waals surface area contributed by atoms with Gasteiger partial charge in [0, 0.05) is 12.7 Å². The zero-order valence-corrected chi connectivity index (χ0v) is 6.53. The highest BCUT2D eigenvalue weighted by Gasteiger charge is 1.88. The average Bonchev–Trinajstić information content (AvgIpc) is 1.89. The topological polar surface area (TPSA) is 77.8 Å². The molecule has 0 aliphatic rings. The zero-order chi connectivity index (χ0) is 9.28. The molecule has 0 spiro atoms. The molecular formula is C7H14O4. The molecule has 0 rings (SSSR count). The van der Waals surface area contributed by atoms with E-state index < -0.39 is 5.97 Å². The van der Waals surface area contributed by atoms with Gasteiger partial charge in [-0.3, -0.25) is 0 Å². The van der Waals surface area contributed by atoms with Gasteiger partial charge >= 0.3 is 5.97 Å². The summed E-state index contributed by atoms with van der Waals surface area (Å²) in [5.74, 6) is -0.981. The Morgan fingerprint density at radius 2 is 2.09 bits per heavy atom. The van der Waals surface area contributed by atoms with E-state index in [4.69, 9.17) is 15.3 Å². The number of hydrogen-bond donors (Lipinski definition) is 3. The maximum Gasteiger partial charge on any atom is 0.327 e. The summed E-state index contributed by atoms with van der Waals surface area (Å²) in [6.45, 7) is 4.69. The van der Waals surface area contributed by atoms with E-state index in [0.717, 1.165) is 6.08 Å². The Morgan fingerprint density at radius 3 is 2.09 bits per heavy atom. The van der Waals surface area contributed by atoms with Crippen LogP contribution in [0.25, 0.3) is 0 Å². The van der Waals surface area contributed by atoms with Gasteiger partial charge in [0.25, 0.3) is 0 Å². The third kappa shape index (κ3) is 27.2. The number of hydrogen-bond acceptors (Lipinski definition) is 3. The second kappa shape index (κ2) is 9.13. The molecule has 0 aromatic heterocycles. The average molecular weight is 162 g/mol. The first-order valence-electron chi connectivity index (χ1n) is 3.18. The number of carboxylic acids is 1. The van der Waals surface area contributed by atoms with Crippen LogP contribution in [-0.4, -0.2) is 34.0 Å². The summed E-state index contributed by atoms with van der Waals surface area (Å²) in [7, 11) is 0. The maximum atomic E-state index is 9.25. The molecule has 66 valence electrons. The molecule has 4 nitrogen and oxygen atoms in total. The molecule has 0 saturated heterocycles. The quantitative estimate of drug-likeness (QED) is 0.511. The van der Waals surface area contributed by atoms with Gasteiger partial charge < -0.3 is 15.3 Å². The summed E-state index contributed by atoms with van der Waals surface area (Å²) in [4.78, 5) is 9.25. The summed E-state index contributed by atoms with van der Waals surface area (Å²) in [5, 5.41) is 24.1. The highest BCUT2D eigenvalue weighted by atomic mass is 16.4. The Labute approximate surface area is 65.8 Å². The first-order valence-corrected chi connectivity index (χ1v) is 3.18. The summed E-state index contributed by atoms with van der Waals surface area (Å²) < 4.78 is 0. The molecule has 0 bridgehead atoms. The smallest absolute Gasteiger partial charge is 0.327 e. The summed E-state index contributed by atoms with van der Waals surface area (Å²) >= 11 is 0. The van der Waals surface area contributed by atoms with Crippen molar-refractivity contribution >= 4 is 5.97 Å². The fourth-order valence-electron chi connectivity index (χ4n) is 0.187. The third-order valence-electron chi connectivity index (χ3n) is 0.721. The van der Waals surface area contributed by atoms with Gasteiger partial charge in [0.2, 0.25) is 0 Å². The maximum absolute atomic E-state index is 9.25. The second-order valence-electron chi connectivity index (χ2n) is 1.90. The fourth-order valence-corrected chi connectivity index (χ4v) is 0.187. The lowest BCUT2D eigenvalue weighted by atomic mass is 10.3. The van der Waals surface area contributed by atoms with Gasteiger partial charge in [-0.15, -0.1) is 0 Å². The van der Waals surface area contributed by atoms with Gasteiger partial charge in [-0.05, 0) is 13.3 Å².